The van der Waals surface area contributed by atoms with Crippen molar-refractivity contribution in [2.75, 3.05) is 24.5 Å². The largest absolute Gasteiger partial charge is 0.352 e. The molecule has 0 spiro atoms. The number of likely N-dealkylation sites (tertiary alicyclic amines) is 1. The SMILES string of the molecule is CC(=O)N1C[C@@H](CCC(=O)N[C@H]2CCN(C3CC3)C2)c2ccccc21. The van der Waals surface area contributed by atoms with Gasteiger partial charge in [0, 0.05) is 56.7 Å². The Bertz CT molecular complexity index is 671. The minimum absolute atomic E-state index is 0.0746. The molecule has 5 nitrogen and oxygen atoms in total. The van der Waals surface area contributed by atoms with Gasteiger partial charge in [-0.3, -0.25) is 14.5 Å². The molecule has 2 amide bonds. The molecule has 1 aromatic carbocycles. The number of hydrogen-bond acceptors (Lipinski definition) is 3. The minimum Gasteiger partial charge on any atom is -0.352 e. The Kier molecular flexibility index (Phi) is 4.50. The molecular weight excluding hydrogens is 314 g/mol. The first-order chi connectivity index (χ1) is 12.1. The number of carbonyl (C=O) groups is 2. The van der Waals surface area contributed by atoms with E-state index in [2.05, 4.69) is 16.3 Å². The van der Waals surface area contributed by atoms with Crippen molar-refractivity contribution < 1.29 is 9.59 Å². The van der Waals surface area contributed by atoms with Crippen molar-refractivity contribution in [3.63, 3.8) is 0 Å². The Morgan fingerprint density at radius 3 is 2.72 bits per heavy atom. The predicted molar refractivity (Wildman–Crippen MR) is 97.6 cm³/mol. The highest BCUT2D eigenvalue weighted by Gasteiger charge is 2.35. The van der Waals surface area contributed by atoms with Crippen LogP contribution >= 0.6 is 0 Å². The van der Waals surface area contributed by atoms with E-state index in [1.807, 2.05) is 23.1 Å². The zero-order valence-electron chi connectivity index (χ0n) is 14.9. The molecule has 0 unspecified atom stereocenters. The van der Waals surface area contributed by atoms with E-state index in [1.165, 1.54) is 18.4 Å². The summed E-state index contributed by atoms with van der Waals surface area (Å²) >= 11 is 0. The number of anilines is 1. The van der Waals surface area contributed by atoms with Crippen molar-refractivity contribution in [2.24, 2.45) is 0 Å². The van der Waals surface area contributed by atoms with E-state index in [0.717, 1.165) is 37.7 Å². The summed E-state index contributed by atoms with van der Waals surface area (Å²) in [6.07, 6.45) is 5.06. The fourth-order valence-corrected chi connectivity index (χ4v) is 4.32. The number of carbonyl (C=O) groups excluding carboxylic acids is 2. The minimum atomic E-state index is 0.0746. The monoisotopic (exact) mass is 341 g/mol. The van der Waals surface area contributed by atoms with E-state index >= 15 is 0 Å². The number of para-hydroxylation sites is 1. The van der Waals surface area contributed by atoms with Crippen LogP contribution in [0.15, 0.2) is 24.3 Å². The molecule has 134 valence electrons. The van der Waals surface area contributed by atoms with Crippen molar-refractivity contribution >= 4 is 17.5 Å². The topological polar surface area (TPSA) is 52.7 Å². The molecule has 0 aromatic heterocycles. The van der Waals surface area contributed by atoms with Gasteiger partial charge in [0.05, 0.1) is 0 Å². The molecular formula is C20H27N3O2. The highest BCUT2D eigenvalue weighted by atomic mass is 16.2. The number of hydrogen-bond donors (Lipinski definition) is 1. The molecule has 1 saturated carbocycles. The van der Waals surface area contributed by atoms with E-state index in [0.29, 0.717) is 19.0 Å². The first-order valence-corrected chi connectivity index (χ1v) is 9.52. The fraction of sp³-hybridized carbons (Fsp3) is 0.600. The lowest BCUT2D eigenvalue weighted by atomic mass is 9.96. The van der Waals surface area contributed by atoms with Gasteiger partial charge in [0.1, 0.15) is 0 Å². The van der Waals surface area contributed by atoms with Crippen molar-refractivity contribution in [2.45, 2.75) is 57.0 Å². The second-order valence-corrected chi connectivity index (χ2v) is 7.70. The summed E-state index contributed by atoms with van der Waals surface area (Å²) in [7, 11) is 0. The van der Waals surface area contributed by atoms with E-state index in [-0.39, 0.29) is 17.7 Å². The molecule has 4 rings (SSSR count). The number of nitrogens with zero attached hydrogens (tertiary/aromatic N) is 2. The lowest BCUT2D eigenvalue weighted by molar-refractivity contribution is -0.121. The number of amides is 2. The molecule has 1 N–H and O–H groups in total. The molecule has 0 bridgehead atoms. The van der Waals surface area contributed by atoms with Crippen LogP contribution < -0.4 is 10.2 Å². The molecule has 3 aliphatic rings. The van der Waals surface area contributed by atoms with Gasteiger partial charge < -0.3 is 10.2 Å². The summed E-state index contributed by atoms with van der Waals surface area (Å²) in [6.45, 7) is 4.44. The number of fused-ring (bicyclic) bond motifs is 1. The third-order valence-electron chi connectivity index (χ3n) is 5.82. The highest BCUT2D eigenvalue weighted by Crippen LogP contribution is 2.38. The van der Waals surface area contributed by atoms with Crippen LogP contribution in [0.4, 0.5) is 5.69 Å². The van der Waals surface area contributed by atoms with Crippen molar-refractivity contribution in [1.82, 2.24) is 10.2 Å². The lowest BCUT2D eigenvalue weighted by Gasteiger charge is -2.17. The summed E-state index contributed by atoms with van der Waals surface area (Å²) in [4.78, 5) is 28.6. The normalized spacial score (nSPS) is 25.9. The average Bonchev–Trinajstić information content (AvgIpc) is 3.23. The van der Waals surface area contributed by atoms with Gasteiger partial charge in [-0.15, -0.1) is 0 Å². The maximum absolute atomic E-state index is 12.4. The summed E-state index contributed by atoms with van der Waals surface area (Å²) in [6, 6.07) is 9.18. The average molecular weight is 341 g/mol. The second kappa shape index (κ2) is 6.79. The molecule has 25 heavy (non-hydrogen) atoms. The summed E-state index contributed by atoms with van der Waals surface area (Å²) in [5, 5.41) is 3.21. The Morgan fingerprint density at radius 1 is 1.16 bits per heavy atom. The van der Waals surface area contributed by atoms with Gasteiger partial charge in [-0.25, -0.2) is 0 Å². The smallest absolute Gasteiger partial charge is 0.223 e. The van der Waals surface area contributed by atoms with E-state index in [9.17, 15) is 9.59 Å². The van der Waals surface area contributed by atoms with Gasteiger partial charge in [0.15, 0.2) is 0 Å². The maximum atomic E-state index is 12.4. The number of benzene rings is 1. The standard InChI is InChI=1S/C20H27N3O2/c1-14(24)23-12-15(18-4-2-3-5-19(18)23)6-9-20(25)21-16-10-11-22(13-16)17-7-8-17/h2-5,15-17H,6-13H2,1H3,(H,21,25)/t15-,16+/m1/s1. The van der Waals surface area contributed by atoms with E-state index in [1.54, 1.807) is 6.92 Å². The number of nitrogens with one attached hydrogen (secondary N) is 1. The van der Waals surface area contributed by atoms with Crippen LogP contribution in [-0.2, 0) is 9.59 Å². The first-order valence-electron chi connectivity index (χ1n) is 9.52. The van der Waals surface area contributed by atoms with Crippen LogP contribution in [0.5, 0.6) is 0 Å². The lowest BCUT2D eigenvalue weighted by Crippen LogP contribution is -2.37. The van der Waals surface area contributed by atoms with Gasteiger partial charge in [-0.05, 0) is 37.3 Å². The molecule has 1 aromatic rings. The Morgan fingerprint density at radius 2 is 1.96 bits per heavy atom. The molecule has 2 aliphatic heterocycles. The molecule has 2 fully saturated rings. The zero-order valence-corrected chi connectivity index (χ0v) is 14.9. The quantitative estimate of drug-likeness (QED) is 0.894. The second-order valence-electron chi connectivity index (χ2n) is 7.70. The molecule has 2 atom stereocenters. The van der Waals surface area contributed by atoms with Crippen LogP contribution in [0.2, 0.25) is 0 Å². The fourth-order valence-electron chi connectivity index (χ4n) is 4.32. The van der Waals surface area contributed by atoms with Gasteiger partial charge in [0.25, 0.3) is 0 Å². The summed E-state index contributed by atoms with van der Waals surface area (Å²) in [5.74, 6) is 0.490. The van der Waals surface area contributed by atoms with E-state index in [4.69, 9.17) is 0 Å². The van der Waals surface area contributed by atoms with Crippen LogP contribution in [0.3, 0.4) is 0 Å². The van der Waals surface area contributed by atoms with Gasteiger partial charge >= 0.3 is 0 Å². The Balaban J connectivity index is 1.29. The van der Waals surface area contributed by atoms with Gasteiger partial charge in [-0.2, -0.15) is 0 Å². The molecule has 1 aliphatic carbocycles. The van der Waals surface area contributed by atoms with Crippen LogP contribution in [-0.4, -0.2) is 48.4 Å². The highest BCUT2D eigenvalue weighted by molar-refractivity contribution is 5.94. The summed E-state index contributed by atoms with van der Waals surface area (Å²) < 4.78 is 0. The third kappa shape index (κ3) is 3.56. The molecule has 5 heteroatoms. The van der Waals surface area contributed by atoms with E-state index < -0.39 is 0 Å². The predicted octanol–water partition coefficient (Wildman–Crippen LogP) is 2.27. The molecule has 0 radical (unpaired) electrons. The Hall–Kier alpha value is -1.88. The molecule has 2 heterocycles. The maximum Gasteiger partial charge on any atom is 0.223 e. The van der Waals surface area contributed by atoms with Crippen LogP contribution in [0.1, 0.15) is 50.5 Å². The van der Waals surface area contributed by atoms with Gasteiger partial charge in [-0.1, -0.05) is 18.2 Å². The van der Waals surface area contributed by atoms with Crippen LogP contribution in [0, 0.1) is 0 Å². The summed E-state index contributed by atoms with van der Waals surface area (Å²) in [5.41, 5.74) is 2.21. The van der Waals surface area contributed by atoms with Crippen molar-refractivity contribution in [3.8, 4) is 0 Å². The van der Waals surface area contributed by atoms with Crippen molar-refractivity contribution in [1.29, 1.82) is 0 Å². The Labute approximate surface area is 149 Å². The van der Waals surface area contributed by atoms with Crippen LogP contribution in [0.25, 0.3) is 0 Å². The van der Waals surface area contributed by atoms with Gasteiger partial charge in [0.2, 0.25) is 11.8 Å². The third-order valence-corrected chi connectivity index (χ3v) is 5.82. The number of rotatable bonds is 5. The van der Waals surface area contributed by atoms with Crippen molar-refractivity contribution in [3.05, 3.63) is 29.8 Å². The molecule has 1 saturated heterocycles. The first kappa shape index (κ1) is 16.6. The zero-order chi connectivity index (χ0) is 17.4.